The third-order valence-corrected chi connectivity index (χ3v) is 7.09. The van der Waals surface area contributed by atoms with Gasteiger partial charge in [-0.1, -0.05) is 11.3 Å². The maximum absolute atomic E-state index is 12.9. The lowest BCUT2D eigenvalue weighted by atomic mass is 9.84. The number of morpholine rings is 1. The summed E-state index contributed by atoms with van der Waals surface area (Å²) in [6.45, 7) is 5.59. The van der Waals surface area contributed by atoms with Crippen molar-refractivity contribution in [2.45, 2.75) is 38.6 Å². The summed E-state index contributed by atoms with van der Waals surface area (Å²) in [4.78, 5) is 24.3. The molecule has 0 unspecified atom stereocenters. The molecule has 1 aliphatic carbocycles. The topological polar surface area (TPSA) is 93.1 Å². The Labute approximate surface area is 185 Å². The van der Waals surface area contributed by atoms with Crippen LogP contribution in [0.1, 0.15) is 30.7 Å². The summed E-state index contributed by atoms with van der Waals surface area (Å²) in [5, 5.41) is 14.9. The van der Waals surface area contributed by atoms with Crippen LogP contribution in [0.15, 0.2) is 24.5 Å². The van der Waals surface area contributed by atoms with E-state index in [0.717, 1.165) is 78.5 Å². The van der Waals surface area contributed by atoms with E-state index < -0.39 is 0 Å². The second kappa shape index (κ2) is 8.94. The van der Waals surface area contributed by atoms with Crippen molar-refractivity contribution in [3.63, 3.8) is 0 Å². The van der Waals surface area contributed by atoms with Crippen molar-refractivity contribution in [3.8, 4) is 10.7 Å². The second-order valence-corrected chi connectivity index (χ2v) is 9.44. The lowest BCUT2D eigenvalue weighted by molar-refractivity contribution is -0.121. The summed E-state index contributed by atoms with van der Waals surface area (Å²) in [5.41, 5.74) is 0.781. The molecule has 1 amide bonds. The number of fused-ring (bicyclic) bond motifs is 1. The molecule has 0 bridgehead atoms. The maximum atomic E-state index is 12.9. The molecule has 0 atom stereocenters. The zero-order chi connectivity index (χ0) is 21.2. The highest BCUT2D eigenvalue weighted by Crippen LogP contribution is 2.30. The van der Waals surface area contributed by atoms with Crippen LogP contribution in [0.4, 0.5) is 5.82 Å². The van der Waals surface area contributed by atoms with E-state index in [4.69, 9.17) is 4.74 Å². The van der Waals surface area contributed by atoms with Gasteiger partial charge in [0, 0.05) is 42.8 Å². The fourth-order valence-electron chi connectivity index (χ4n) is 4.50. The molecule has 1 saturated carbocycles. The van der Waals surface area contributed by atoms with Gasteiger partial charge in [0.15, 0.2) is 5.01 Å². The largest absolute Gasteiger partial charge is 0.379 e. The normalized spacial score (nSPS) is 22.5. The quantitative estimate of drug-likeness (QED) is 0.668. The third kappa shape index (κ3) is 4.58. The SMILES string of the molecule is Cc1nnc(-c2cc3cc(NC(=O)[C@H]4CC[C@H](N5CCOCC5)CC4)ncc3cn2)s1. The van der Waals surface area contributed by atoms with Gasteiger partial charge in [-0.3, -0.25) is 14.7 Å². The molecule has 1 aliphatic heterocycles. The molecule has 0 aromatic carbocycles. The van der Waals surface area contributed by atoms with Gasteiger partial charge in [0.1, 0.15) is 16.5 Å². The molecule has 162 valence electrons. The van der Waals surface area contributed by atoms with Crippen molar-refractivity contribution in [2.75, 3.05) is 31.6 Å². The predicted octanol–water partition coefficient (Wildman–Crippen LogP) is 3.29. The van der Waals surface area contributed by atoms with Gasteiger partial charge >= 0.3 is 0 Å². The highest BCUT2D eigenvalue weighted by molar-refractivity contribution is 7.14. The molecular weight excluding hydrogens is 412 g/mol. The summed E-state index contributed by atoms with van der Waals surface area (Å²) in [6.07, 6.45) is 7.52. The fourth-order valence-corrected chi connectivity index (χ4v) is 5.16. The van der Waals surface area contributed by atoms with E-state index in [0.29, 0.717) is 11.9 Å². The zero-order valence-electron chi connectivity index (χ0n) is 17.6. The molecule has 2 fully saturated rings. The van der Waals surface area contributed by atoms with Gasteiger partial charge in [-0.25, -0.2) is 4.98 Å². The van der Waals surface area contributed by atoms with Crippen LogP contribution in [0.2, 0.25) is 0 Å². The first-order valence-corrected chi connectivity index (χ1v) is 11.7. The summed E-state index contributed by atoms with van der Waals surface area (Å²) in [5.74, 6) is 0.701. The van der Waals surface area contributed by atoms with Crippen LogP contribution in [0, 0.1) is 12.8 Å². The molecule has 9 heteroatoms. The standard InChI is InChI=1S/C22H26N6O2S/c1-14-26-27-22(31-14)19-10-16-11-20(24-13-17(16)12-23-19)25-21(29)15-2-4-18(5-3-15)28-6-8-30-9-7-28/h10-13,15,18H,2-9H2,1H3,(H,24,25,29)/t15-,18-. The summed E-state index contributed by atoms with van der Waals surface area (Å²) in [7, 11) is 0. The molecule has 2 aliphatic rings. The van der Waals surface area contributed by atoms with Gasteiger partial charge in [0.25, 0.3) is 0 Å². The maximum Gasteiger partial charge on any atom is 0.228 e. The molecule has 0 spiro atoms. The fraction of sp³-hybridized carbons (Fsp3) is 0.500. The van der Waals surface area contributed by atoms with E-state index in [-0.39, 0.29) is 11.8 Å². The summed E-state index contributed by atoms with van der Waals surface area (Å²) >= 11 is 1.51. The zero-order valence-corrected chi connectivity index (χ0v) is 18.4. The molecule has 3 aromatic heterocycles. The number of hydrogen-bond donors (Lipinski definition) is 1. The molecule has 1 saturated heterocycles. The first-order chi connectivity index (χ1) is 15.2. The molecular formula is C22H26N6O2S. The predicted molar refractivity (Wildman–Crippen MR) is 120 cm³/mol. The third-order valence-electron chi connectivity index (χ3n) is 6.23. The van der Waals surface area contributed by atoms with Crippen molar-refractivity contribution in [2.24, 2.45) is 5.92 Å². The Morgan fingerprint density at radius 3 is 2.58 bits per heavy atom. The van der Waals surface area contributed by atoms with Crippen molar-refractivity contribution in [1.82, 2.24) is 25.1 Å². The number of nitrogens with one attached hydrogen (secondary N) is 1. The van der Waals surface area contributed by atoms with Gasteiger partial charge < -0.3 is 10.1 Å². The van der Waals surface area contributed by atoms with Crippen LogP contribution in [0.3, 0.4) is 0 Å². The minimum absolute atomic E-state index is 0.0483. The molecule has 4 heterocycles. The minimum atomic E-state index is 0.0483. The first-order valence-electron chi connectivity index (χ1n) is 10.8. The van der Waals surface area contributed by atoms with Gasteiger partial charge in [-0.15, -0.1) is 10.2 Å². The molecule has 31 heavy (non-hydrogen) atoms. The van der Waals surface area contributed by atoms with E-state index in [9.17, 15) is 4.79 Å². The number of aryl methyl sites for hydroxylation is 1. The lowest BCUT2D eigenvalue weighted by Crippen LogP contribution is -2.45. The smallest absolute Gasteiger partial charge is 0.228 e. The summed E-state index contributed by atoms with van der Waals surface area (Å²) < 4.78 is 5.46. The van der Waals surface area contributed by atoms with E-state index >= 15 is 0 Å². The first kappa shape index (κ1) is 20.4. The molecule has 0 radical (unpaired) electrons. The Hall–Kier alpha value is -2.49. The van der Waals surface area contributed by atoms with Crippen LogP contribution in [0.5, 0.6) is 0 Å². The van der Waals surface area contributed by atoms with Crippen LogP contribution < -0.4 is 5.32 Å². The number of ether oxygens (including phenoxy) is 1. The molecule has 3 aromatic rings. The number of amides is 1. The average Bonchev–Trinajstić information content (AvgIpc) is 3.25. The number of pyridine rings is 2. The van der Waals surface area contributed by atoms with Crippen LogP contribution >= 0.6 is 11.3 Å². The Balaban J connectivity index is 1.24. The van der Waals surface area contributed by atoms with Crippen molar-refractivity contribution in [1.29, 1.82) is 0 Å². The second-order valence-electron chi connectivity index (χ2n) is 8.26. The van der Waals surface area contributed by atoms with E-state index in [1.54, 1.807) is 12.4 Å². The van der Waals surface area contributed by atoms with Crippen LogP contribution in [0.25, 0.3) is 21.5 Å². The van der Waals surface area contributed by atoms with E-state index in [1.165, 1.54) is 11.3 Å². The number of rotatable bonds is 4. The van der Waals surface area contributed by atoms with E-state index in [1.807, 2.05) is 19.1 Å². The average molecular weight is 439 g/mol. The van der Waals surface area contributed by atoms with Gasteiger partial charge in [0.2, 0.25) is 5.91 Å². The lowest BCUT2D eigenvalue weighted by Gasteiger charge is -2.38. The Kier molecular flexibility index (Phi) is 5.89. The summed E-state index contributed by atoms with van der Waals surface area (Å²) in [6, 6.07) is 4.47. The Bertz CT molecular complexity index is 1070. The number of carbonyl (C=O) groups is 1. The molecule has 1 N–H and O–H groups in total. The number of anilines is 1. The highest BCUT2D eigenvalue weighted by atomic mass is 32.1. The number of nitrogens with zero attached hydrogens (tertiary/aromatic N) is 5. The monoisotopic (exact) mass is 438 g/mol. The van der Waals surface area contributed by atoms with Crippen LogP contribution in [-0.2, 0) is 9.53 Å². The van der Waals surface area contributed by atoms with Gasteiger partial charge in [-0.05, 0) is 50.1 Å². The van der Waals surface area contributed by atoms with Gasteiger partial charge in [-0.2, -0.15) is 0 Å². The Morgan fingerprint density at radius 1 is 1.06 bits per heavy atom. The number of hydrogen-bond acceptors (Lipinski definition) is 8. The number of aromatic nitrogens is 4. The molecule has 8 nitrogen and oxygen atoms in total. The van der Waals surface area contributed by atoms with Crippen molar-refractivity contribution < 1.29 is 9.53 Å². The van der Waals surface area contributed by atoms with Gasteiger partial charge in [0.05, 0.1) is 13.2 Å². The minimum Gasteiger partial charge on any atom is -0.379 e. The van der Waals surface area contributed by atoms with Crippen molar-refractivity contribution >= 4 is 33.8 Å². The molecule has 5 rings (SSSR count). The van der Waals surface area contributed by atoms with Crippen LogP contribution in [-0.4, -0.2) is 63.3 Å². The highest BCUT2D eigenvalue weighted by Gasteiger charge is 2.30. The number of carbonyl (C=O) groups excluding carboxylic acids is 1. The Morgan fingerprint density at radius 2 is 1.84 bits per heavy atom. The van der Waals surface area contributed by atoms with E-state index in [2.05, 4.69) is 30.4 Å². The van der Waals surface area contributed by atoms with Crippen molar-refractivity contribution in [3.05, 3.63) is 29.5 Å².